The first-order valence-electron chi connectivity index (χ1n) is 8.32. The Hall–Kier alpha value is -2.99. The molecule has 5 nitrogen and oxygen atoms in total. The Bertz CT molecular complexity index is 1070. The monoisotopic (exact) mass is 351 g/mol. The highest BCUT2D eigenvalue weighted by atomic mass is 19.1. The Morgan fingerprint density at radius 2 is 1.92 bits per heavy atom. The molecule has 0 amide bonds. The number of H-pyrrole nitrogens is 1. The van der Waals surface area contributed by atoms with Gasteiger partial charge in [0.1, 0.15) is 12.4 Å². The minimum Gasteiger partial charge on any atom is -0.437 e. The minimum absolute atomic E-state index is 0.219. The highest BCUT2D eigenvalue weighted by Crippen LogP contribution is 2.31. The standard InChI is InChI=1S/C20H18FN3O2/c1-12-17(11-25-2)26-20(22-12)19-18-14(7-5-9-16(18)23-24-19)10-13-6-3-4-8-15(13)21/h3-9H,10-11H2,1-2H3,(H,23,24). The van der Waals surface area contributed by atoms with Crippen LogP contribution in [0.2, 0.25) is 0 Å². The second-order valence-corrected chi connectivity index (χ2v) is 6.14. The normalized spacial score (nSPS) is 11.3. The van der Waals surface area contributed by atoms with Crippen LogP contribution < -0.4 is 0 Å². The van der Waals surface area contributed by atoms with Crippen LogP contribution in [-0.2, 0) is 17.8 Å². The van der Waals surface area contributed by atoms with E-state index < -0.39 is 0 Å². The molecule has 132 valence electrons. The van der Waals surface area contributed by atoms with E-state index in [0.29, 0.717) is 35.9 Å². The average molecular weight is 351 g/mol. The van der Waals surface area contributed by atoms with Crippen LogP contribution >= 0.6 is 0 Å². The maximum Gasteiger partial charge on any atom is 0.248 e. The van der Waals surface area contributed by atoms with Gasteiger partial charge in [0.05, 0.1) is 11.2 Å². The van der Waals surface area contributed by atoms with Crippen LogP contribution in [-0.4, -0.2) is 22.3 Å². The molecule has 0 spiro atoms. The molecule has 0 fully saturated rings. The Morgan fingerprint density at radius 3 is 2.73 bits per heavy atom. The maximum absolute atomic E-state index is 14.1. The van der Waals surface area contributed by atoms with Gasteiger partial charge < -0.3 is 9.15 Å². The molecule has 0 radical (unpaired) electrons. The summed E-state index contributed by atoms with van der Waals surface area (Å²) in [6.07, 6.45) is 0.459. The number of nitrogens with zero attached hydrogens (tertiary/aromatic N) is 2. The van der Waals surface area contributed by atoms with Gasteiger partial charge in [-0.2, -0.15) is 5.10 Å². The van der Waals surface area contributed by atoms with E-state index in [0.717, 1.165) is 22.2 Å². The first-order valence-corrected chi connectivity index (χ1v) is 8.32. The summed E-state index contributed by atoms with van der Waals surface area (Å²) in [7, 11) is 1.61. The lowest BCUT2D eigenvalue weighted by molar-refractivity contribution is 0.164. The predicted octanol–water partition coefficient (Wildman–Crippen LogP) is 4.40. The van der Waals surface area contributed by atoms with Gasteiger partial charge in [0.2, 0.25) is 5.89 Å². The molecule has 26 heavy (non-hydrogen) atoms. The van der Waals surface area contributed by atoms with Crippen LogP contribution in [0.25, 0.3) is 22.5 Å². The SMILES string of the molecule is COCc1oc(-c2n[nH]c3cccc(Cc4ccccc4F)c23)nc1C. The molecule has 0 bridgehead atoms. The first-order chi connectivity index (χ1) is 12.7. The van der Waals surface area contributed by atoms with Crippen molar-refractivity contribution in [3.8, 4) is 11.6 Å². The number of aromatic amines is 1. The zero-order valence-electron chi connectivity index (χ0n) is 14.5. The number of hydrogen-bond acceptors (Lipinski definition) is 4. The van der Waals surface area contributed by atoms with Crippen LogP contribution in [0.4, 0.5) is 4.39 Å². The zero-order valence-corrected chi connectivity index (χ0v) is 14.5. The van der Waals surface area contributed by atoms with Gasteiger partial charge in [-0.05, 0) is 30.2 Å². The number of benzene rings is 2. The first kappa shape index (κ1) is 16.5. The molecule has 0 aliphatic rings. The van der Waals surface area contributed by atoms with Gasteiger partial charge in [0.15, 0.2) is 11.5 Å². The number of ether oxygens (including phenoxy) is 1. The number of hydrogen-bond donors (Lipinski definition) is 1. The molecule has 0 unspecified atom stereocenters. The van der Waals surface area contributed by atoms with E-state index in [9.17, 15) is 4.39 Å². The second kappa shape index (κ2) is 6.72. The van der Waals surface area contributed by atoms with Crippen molar-refractivity contribution < 1.29 is 13.5 Å². The van der Waals surface area contributed by atoms with E-state index >= 15 is 0 Å². The van der Waals surface area contributed by atoms with Crippen molar-refractivity contribution >= 4 is 10.9 Å². The number of aromatic nitrogens is 3. The number of methoxy groups -OCH3 is 1. The fourth-order valence-electron chi connectivity index (χ4n) is 3.09. The summed E-state index contributed by atoms with van der Waals surface area (Å²) in [5, 5.41) is 8.29. The van der Waals surface area contributed by atoms with E-state index in [4.69, 9.17) is 9.15 Å². The number of oxazole rings is 1. The quantitative estimate of drug-likeness (QED) is 0.579. The molecule has 2 aromatic heterocycles. The summed E-state index contributed by atoms with van der Waals surface area (Å²) in [4.78, 5) is 4.48. The van der Waals surface area contributed by atoms with Crippen LogP contribution in [0.15, 0.2) is 46.9 Å². The lowest BCUT2D eigenvalue weighted by Crippen LogP contribution is -1.93. The molecule has 2 aromatic carbocycles. The summed E-state index contributed by atoms with van der Waals surface area (Å²) in [6, 6.07) is 12.6. The van der Waals surface area contributed by atoms with E-state index in [1.165, 1.54) is 6.07 Å². The molecule has 6 heteroatoms. The summed E-state index contributed by atoms with van der Waals surface area (Å²) < 4.78 is 25.1. The number of fused-ring (bicyclic) bond motifs is 1. The van der Waals surface area contributed by atoms with Crippen LogP contribution in [0.3, 0.4) is 0 Å². The zero-order chi connectivity index (χ0) is 18.1. The molecule has 0 aliphatic carbocycles. The molecule has 0 aliphatic heterocycles. The lowest BCUT2D eigenvalue weighted by Gasteiger charge is -2.06. The van der Waals surface area contributed by atoms with Crippen molar-refractivity contribution in [2.24, 2.45) is 0 Å². The summed E-state index contributed by atoms with van der Waals surface area (Å²) in [5.41, 5.74) is 3.84. The number of aryl methyl sites for hydroxylation is 1. The van der Waals surface area contributed by atoms with Crippen molar-refractivity contribution in [1.82, 2.24) is 15.2 Å². The fraction of sp³-hybridized carbons (Fsp3) is 0.200. The van der Waals surface area contributed by atoms with Gasteiger partial charge in [0.25, 0.3) is 0 Å². The maximum atomic E-state index is 14.1. The molecule has 1 N–H and O–H groups in total. The third-order valence-electron chi connectivity index (χ3n) is 4.39. The summed E-state index contributed by atoms with van der Waals surface area (Å²) >= 11 is 0. The van der Waals surface area contributed by atoms with Crippen molar-refractivity contribution in [3.63, 3.8) is 0 Å². The summed E-state index contributed by atoms with van der Waals surface area (Å²) in [6.45, 7) is 2.22. The topological polar surface area (TPSA) is 63.9 Å². The Labute approximate surface area is 149 Å². The van der Waals surface area contributed by atoms with Crippen molar-refractivity contribution in [2.45, 2.75) is 20.0 Å². The Balaban J connectivity index is 1.82. The second-order valence-electron chi connectivity index (χ2n) is 6.14. The van der Waals surface area contributed by atoms with E-state index in [1.54, 1.807) is 19.2 Å². The van der Waals surface area contributed by atoms with Gasteiger partial charge in [0, 0.05) is 18.9 Å². The molecule has 0 saturated heterocycles. The van der Waals surface area contributed by atoms with Crippen LogP contribution in [0.5, 0.6) is 0 Å². The third-order valence-corrected chi connectivity index (χ3v) is 4.39. The third kappa shape index (κ3) is 2.88. The molecule has 4 aromatic rings. The van der Waals surface area contributed by atoms with E-state index in [-0.39, 0.29) is 5.82 Å². The van der Waals surface area contributed by atoms with Crippen molar-refractivity contribution in [1.29, 1.82) is 0 Å². The van der Waals surface area contributed by atoms with Crippen molar-refractivity contribution in [3.05, 3.63) is 70.9 Å². The Kier molecular flexibility index (Phi) is 4.26. The molecule has 4 rings (SSSR count). The molecule has 2 heterocycles. The molecule has 0 atom stereocenters. The fourth-order valence-corrected chi connectivity index (χ4v) is 3.09. The predicted molar refractivity (Wildman–Crippen MR) is 96.2 cm³/mol. The molecule has 0 saturated carbocycles. The van der Waals surface area contributed by atoms with Crippen molar-refractivity contribution in [2.75, 3.05) is 7.11 Å². The van der Waals surface area contributed by atoms with Gasteiger partial charge >= 0.3 is 0 Å². The van der Waals surface area contributed by atoms with E-state index in [1.807, 2.05) is 31.2 Å². The van der Waals surface area contributed by atoms with Crippen LogP contribution in [0, 0.1) is 12.7 Å². The minimum atomic E-state index is -0.219. The summed E-state index contributed by atoms with van der Waals surface area (Å²) in [5.74, 6) is 0.885. The molecular formula is C20H18FN3O2. The molecular weight excluding hydrogens is 333 g/mol. The smallest absolute Gasteiger partial charge is 0.248 e. The van der Waals surface area contributed by atoms with Gasteiger partial charge in [-0.3, -0.25) is 5.10 Å². The lowest BCUT2D eigenvalue weighted by atomic mass is 9.99. The van der Waals surface area contributed by atoms with Crippen LogP contribution in [0.1, 0.15) is 22.6 Å². The Morgan fingerprint density at radius 1 is 1.12 bits per heavy atom. The average Bonchev–Trinajstić information content (AvgIpc) is 3.22. The number of halogens is 1. The van der Waals surface area contributed by atoms with Gasteiger partial charge in [-0.25, -0.2) is 9.37 Å². The van der Waals surface area contributed by atoms with E-state index in [2.05, 4.69) is 15.2 Å². The van der Waals surface area contributed by atoms with Gasteiger partial charge in [-0.15, -0.1) is 0 Å². The number of nitrogens with one attached hydrogen (secondary N) is 1. The number of rotatable bonds is 5. The highest BCUT2D eigenvalue weighted by Gasteiger charge is 2.19. The van der Waals surface area contributed by atoms with Gasteiger partial charge in [-0.1, -0.05) is 30.3 Å². The highest BCUT2D eigenvalue weighted by molar-refractivity contribution is 5.93. The largest absolute Gasteiger partial charge is 0.437 e.